The Kier molecular flexibility index (Phi) is 5.73. The standard InChI is InChI=1S/C26H22F2N2O4/c1-15-6-18(4-5-29-15)17-2-3-24(23(28)9-17)33-13-16-11-30(12-16)26(32)21-8-19-7-20(31)14-34-25(19)10-22(21)27/h2-6,8-10,16H,7,11-14H2,1H3. The van der Waals surface area contributed by atoms with Crippen molar-refractivity contribution < 1.29 is 27.8 Å². The van der Waals surface area contributed by atoms with Crippen LogP contribution < -0.4 is 9.47 Å². The molecule has 1 amide bonds. The predicted octanol–water partition coefficient (Wildman–Crippen LogP) is 3.99. The van der Waals surface area contributed by atoms with Gasteiger partial charge < -0.3 is 14.4 Å². The number of pyridine rings is 1. The average Bonchev–Trinajstić information content (AvgIpc) is 2.78. The van der Waals surface area contributed by atoms with Gasteiger partial charge in [0.15, 0.2) is 17.3 Å². The number of nitrogens with zero attached hydrogens (tertiary/aromatic N) is 2. The second-order valence-electron chi connectivity index (χ2n) is 8.66. The molecular formula is C26H22F2N2O4. The summed E-state index contributed by atoms with van der Waals surface area (Å²) in [5, 5.41) is 0. The maximum atomic E-state index is 14.6. The number of carbonyl (C=O) groups excluding carboxylic acids is 2. The molecule has 5 rings (SSSR count). The van der Waals surface area contributed by atoms with E-state index in [-0.39, 0.29) is 42.6 Å². The minimum Gasteiger partial charge on any atom is -0.490 e. The van der Waals surface area contributed by atoms with Gasteiger partial charge in [0.25, 0.3) is 5.91 Å². The molecular weight excluding hydrogens is 442 g/mol. The van der Waals surface area contributed by atoms with Crippen LogP contribution in [0.3, 0.4) is 0 Å². The van der Waals surface area contributed by atoms with Crippen LogP contribution in [0.25, 0.3) is 11.1 Å². The first-order chi connectivity index (χ1) is 16.4. The molecule has 0 N–H and O–H groups in total. The summed E-state index contributed by atoms with van der Waals surface area (Å²) >= 11 is 0. The van der Waals surface area contributed by atoms with Crippen molar-refractivity contribution in [2.24, 2.45) is 5.92 Å². The molecule has 2 aromatic carbocycles. The van der Waals surface area contributed by atoms with Crippen molar-refractivity contribution in [2.75, 3.05) is 26.3 Å². The highest BCUT2D eigenvalue weighted by molar-refractivity contribution is 5.96. The molecule has 0 unspecified atom stereocenters. The van der Waals surface area contributed by atoms with Gasteiger partial charge in [-0.05, 0) is 48.4 Å². The number of carbonyl (C=O) groups is 2. The lowest BCUT2D eigenvalue weighted by molar-refractivity contribution is -0.121. The number of halogens is 2. The summed E-state index contributed by atoms with van der Waals surface area (Å²) in [6.45, 7) is 2.78. The number of fused-ring (bicyclic) bond motifs is 1. The molecule has 0 spiro atoms. The normalized spacial score (nSPS) is 15.4. The molecule has 1 aromatic heterocycles. The van der Waals surface area contributed by atoms with E-state index in [1.165, 1.54) is 17.0 Å². The fourth-order valence-corrected chi connectivity index (χ4v) is 4.20. The average molecular weight is 464 g/mol. The van der Waals surface area contributed by atoms with Gasteiger partial charge in [0.2, 0.25) is 0 Å². The molecule has 2 aliphatic rings. The molecule has 2 aliphatic heterocycles. The van der Waals surface area contributed by atoms with E-state index in [1.54, 1.807) is 18.3 Å². The zero-order chi connectivity index (χ0) is 23.8. The summed E-state index contributed by atoms with van der Waals surface area (Å²) in [4.78, 5) is 30.0. The predicted molar refractivity (Wildman–Crippen MR) is 120 cm³/mol. The Hall–Kier alpha value is -3.81. The number of aromatic nitrogens is 1. The van der Waals surface area contributed by atoms with Gasteiger partial charge in [-0.3, -0.25) is 14.6 Å². The molecule has 0 radical (unpaired) electrons. The number of Topliss-reactive ketones (excluding diaryl/α,β-unsaturated/α-hetero) is 1. The van der Waals surface area contributed by atoms with Crippen molar-refractivity contribution in [3.63, 3.8) is 0 Å². The van der Waals surface area contributed by atoms with Crippen molar-refractivity contribution in [3.05, 3.63) is 77.1 Å². The van der Waals surface area contributed by atoms with Crippen LogP contribution in [-0.2, 0) is 11.2 Å². The maximum absolute atomic E-state index is 14.6. The fraction of sp³-hybridized carbons (Fsp3) is 0.269. The number of ether oxygens (including phenoxy) is 2. The van der Waals surface area contributed by atoms with Gasteiger partial charge in [-0.1, -0.05) is 6.07 Å². The Bertz CT molecular complexity index is 1290. The van der Waals surface area contributed by atoms with Crippen molar-refractivity contribution in [1.29, 1.82) is 0 Å². The van der Waals surface area contributed by atoms with Gasteiger partial charge in [0.05, 0.1) is 12.2 Å². The summed E-state index contributed by atoms with van der Waals surface area (Å²) < 4.78 is 39.9. The van der Waals surface area contributed by atoms with Crippen LogP contribution in [0, 0.1) is 24.5 Å². The van der Waals surface area contributed by atoms with E-state index in [0.29, 0.717) is 24.4 Å². The van der Waals surface area contributed by atoms with Gasteiger partial charge in [-0.25, -0.2) is 8.78 Å². The molecule has 1 fully saturated rings. The second kappa shape index (κ2) is 8.85. The van der Waals surface area contributed by atoms with E-state index in [1.807, 2.05) is 19.1 Å². The molecule has 0 aliphatic carbocycles. The Morgan fingerprint density at radius 3 is 2.68 bits per heavy atom. The highest BCUT2D eigenvalue weighted by atomic mass is 19.1. The number of hydrogen-bond donors (Lipinski definition) is 0. The minimum atomic E-state index is -0.677. The maximum Gasteiger partial charge on any atom is 0.256 e. The van der Waals surface area contributed by atoms with E-state index in [4.69, 9.17) is 9.47 Å². The molecule has 174 valence electrons. The van der Waals surface area contributed by atoms with Gasteiger partial charge in [-0.2, -0.15) is 0 Å². The van der Waals surface area contributed by atoms with Crippen LogP contribution in [0.1, 0.15) is 21.6 Å². The van der Waals surface area contributed by atoms with Crippen molar-refractivity contribution in [3.8, 4) is 22.6 Å². The first-order valence-electron chi connectivity index (χ1n) is 11.0. The summed E-state index contributed by atoms with van der Waals surface area (Å²) in [5.74, 6) is -1.25. The number of hydrogen-bond acceptors (Lipinski definition) is 5. The number of benzene rings is 2. The zero-order valence-electron chi connectivity index (χ0n) is 18.5. The molecule has 6 nitrogen and oxygen atoms in total. The van der Waals surface area contributed by atoms with E-state index < -0.39 is 17.5 Å². The molecule has 0 bridgehead atoms. The highest BCUT2D eigenvalue weighted by Crippen LogP contribution is 2.30. The molecule has 3 aromatic rings. The third-order valence-corrected chi connectivity index (χ3v) is 6.04. The third-order valence-electron chi connectivity index (χ3n) is 6.04. The third kappa shape index (κ3) is 4.35. The largest absolute Gasteiger partial charge is 0.490 e. The molecule has 3 heterocycles. The van der Waals surface area contributed by atoms with Crippen molar-refractivity contribution >= 4 is 11.7 Å². The van der Waals surface area contributed by atoms with Crippen molar-refractivity contribution in [2.45, 2.75) is 13.3 Å². The van der Waals surface area contributed by atoms with Crippen LogP contribution in [0.5, 0.6) is 11.5 Å². The SMILES string of the molecule is Cc1cc(-c2ccc(OCC3CN(C(=O)c4cc5c(cc4F)OCC(=O)C5)C3)c(F)c2)ccn1. The second-order valence-corrected chi connectivity index (χ2v) is 8.66. The van der Waals surface area contributed by atoms with E-state index in [9.17, 15) is 18.4 Å². The van der Waals surface area contributed by atoms with Gasteiger partial charge in [-0.15, -0.1) is 0 Å². The fourth-order valence-electron chi connectivity index (χ4n) is 4.20. The van der Waals surface area contributed by atoms with Gasteiger partial charge in [0, 0.05) is 48.9 Å². The topological polar surface area (TPSA) is 68.7 Å². The Balaban J connectivity index is 1.18. The number of likely N-dealkylation sites (tertiary alicyclic amines) is 1. The number of ketones is 1. The molecule has 0 atom stereocenters. The smallest absolute Gasteiger partial charge is 0.256 e. The molecule has 8 heteroatoms. The molecule has 1 saturated heterocycles. The first-order valence-corrected chi connectivity index (χ1v) is 11.0. The van der Waals surface area contributed by atoms with Crippen LogP contribution >= 0.6 is 0 Å². The van der Waals surface area contributed by atoms with Crippen LogP contribution in [0.2, 0.25) is 0 Å². The van der Waals surface area contributed by atoms with Crippen LogP contribution in [0.15, 0.2) is 48.7 Å². The van der Waals surface area contributed by atoms with E-state index in [0.717, 1.165) is 22.9 Å². The van der Waals surface area contributed by atoms with Crippen LogP contribution in [-0.4, -0.2) is 47.9 Å². The summed E-state index contributed by atoms with van der Waals surface area (Å²) in [7, 11) is 0. The number of amides is 1. The summed E-state index contributed by atoms with van der Waals surface area (Å²) in [6.07, 6.45) is 1.80. The Morgan fingerprint density at radius 1 is 1.12 bits per heavy atom. The van der Waals surface area contributed by atoms with E-state index >= 15 is 0 Å². The first kappa shape index (κ1) is 22.0. The van der Waals surface area contributed by atoms with Crippen LogP contribution in [0.4, 0.5) is 8.78 Å². The van der Waals surface area contributed by atoms with Gasteiger partial charge in [0.1, 0.15) is 18.2 Å². The quantitative estimate of drug-likeness (QED) is 0.571. The van der Waals surface area contributed by atoms with E-state index in [2.05, 4.69) is 4.98 Å². The van der Waals surface area contributed by atoms with Gasteiger partial charge >= 0.3 is 0 Å². The molecule has 0 saturated carbocycles. The lowest BCUT2D eigenvalue weighted by Crippen LogP contribution is -2.52. The Labute approximate surface area is 195 Å². The number of aryl methyl sites for hydroxylation is 1. The minimum absolute atomic E-state index is 0.0106. The Morgan fingerprint density at radius 2 is 1.91 bits per heavy atom. The lowest BCUT2D eigenvalue weighted by Gasteiger charge is -2.39. The highest BCUT2D eigenvalue weighted by Gasteiger charge is 2.34. The van der Waals surface area contributed by atoms with Crippen molar-refractivity contribution in [1.82, 2.24) is 9.88 Å². The molecule has 34 heavy (non-hydrogen) atoms. The summed E-state index contributed by atoms with van der Waals surface area (Å²) in [5.41, 5.74) is 2.89. The monoisotopic (exact) mass is 464 g/mol. The lowest BCUT2D eigenvalue weighted by atomic mass is 9.97. The number of rotatable bonds is 5. The zero-order valence-corrected chi connectivity index (χ0v) is 18.5. The summed E-state index contributed by atoms with van der Waals surface area (Å²) in [6, 6.07) is 11.1.